The molecular formula is C20H26FN3O2. The second-order valence-electron chi connectivity index (χ2n) is 6.69. The van der Waals surface area contributed by atoms with E-state index in [-0.39, 0.29) is 18.5 Å². The number of aromatic nitrogens is 1. The number of ether oxygens (including phenoxy) is 1. The first-order valence-corrected chi connectivity index (χ1v) is 8.98. The van der Waals surface area contributed by atoms with Crippen LogP contribution in [0.4, 0.5) is 4.39 Å². The molecule has 2 heterocycles. The SMILES string of the molecule is COc1ccc(CN2CCN(Cc3cccnc3)C[C@@H]2CCO)c(F)c1. The minimum Gasteiger partial charge on any atom is -0.497 e. The lowest BCUT2D eigenvalue weighted by Crippen LogP contribution is -2.52. The quantitative estimate of drug-likeness (QED) is 0.822. The Balaban J connectivity index is 1.65. The first-order chi connectivity index (χ1) is 12.7. The van der Waals surface area contributed by atoms with Crippen molar-refractivity contribution >= 4 is 0 Å². The predicted octanol–water partition coefficient (Wildman–Crippen LogP) is 2.30. The molecule has 26 heavy (non-hydrogen) atoms. The number of pyridine rings is 1. The van der Waals surface area contributed by atoms with E-state index in [9.17, 15) is 9.50 Å². The zero-order valence-electron chi connectivity index (χ0n) is 15.1. The van der Waals surface area contributed by atoms with Crippen molar-refractivity contribution in [2.75, 3.05) is 33.4 Å². The molecule has 0 aliphatic carbocycles. The van der Waals surface area contributed by atoms with E-state index in [4.69, 9.17) is 4.74 Å². The average Bonchev–Trinajstić information content (AvgIpc) is 2.66. The Hall–Kier alpha value is -2.02. The molecule has 1 saturated heterocycles. The van der Waals surface area contributed by atoms with Gasteiger partial charge in [-0.1, -0.05) is 12.1 Å². The fraction of sp³-hybridized carbons (Fsp3) is 0.450. The van der Waals surface area contributed by atoms with Crippen LogP contribution in [0.2, 0.25) is 0 Å². The number of hydrogen-bond acceptors (Lipinski definition) is 5. The molecule has 1 atom stereocenters. The molecule has 6 heteroatoms. The van der Waals surface area contributed by atoms with Crippen LogP contribution in [-0.2, 0) is 13.1 Å². The molecule has 1 aliphatic heterocycles. The van der Waals surface area contributed by atoms with E-state index < -0.39 is 0 Å². The predicted molar refractivity (Wildman–Crippen MR) is 98.4 cm³/mol. The van der Waals surface area contributed by atoms with Gasteiger partial charge in [-0.2, -0.15) is 0 Å². The van der Waals surface area contributed by atoms with E-state index in [1.807, 2.05) is 12.3 Å². The summed E-state index contributed by atoms with van der Waals surface area (Å²) >= 11 is 0. The number of benzene rings is 1. The maximum absolute atomic E-state index is 14.3. The molecule has 2 aromatic rings. The summed E-state index contributed by atoms with van der Waals surface area (Å²) in [5.41, 5.74) is 1.85. The molecule has 0 spiro atoms. The molecule has 140 valence electrons. The number of hydrogen-bond donors (Lipinski definition) is 1. The molecule has 0 unspecified atom stereocenters. The zero-order valence-corrected chi connectivity index (χ0v) is 15.1. The first-order valence-electron chi connectivity index (χ1n) is 8.98. The Kier molecular flexibility index (Phi) is 6.55. The van der Waals surface area contributed by atoms with Crippen LogP contribution in [-0.4, -0.2) is 59.3 Å². The molecule has 1 aromatic heterocycles. The normalized spacial score (nSPS) is 18.8. The molecule has 1 fully saturated rings. The van der Waals surface area contributed by atoms with Crippen LogP contribution in [0.5, 0.6) is 5.75 Å². The van der Waals surface area contributed by atoms with Gasteiger partial charge >= 0.3 is 0 Å². The summed E-state index contributed by atoms with van der Waals surface area (Å²) in [7, 11) is 1.53. The number of nitrogens with zero attached hydrogens (tertiary/aromatic N) is 3. The van der Waals surface area contributed by atoms with Gasteiger partial charge in [-0.3, -0.25) is 14.8 Å². The van der Waals surface area contributed by atoms with Gasteiger partial charge in [-0.05, 0) is 24.1 Å². The fourth-order valence-corrected chi connectivity index (χ4v) is 3.48. The summed E-state index contributed by atoms with van der Waals surface area (Å²) in [6.45, 7) is 4.13. The Morgan fingerprint density at radius 2 is 2.15 bits per heavy atom. The number of rotatable bonds is 7. The summed E-state index contributed by atoms with van der Waals surface area (Å²) in [5, 5.41) is 9.46. The molecule has 1 aromatic carbocycles. The molecule has 1 N–H and O–H groups in total. The van der Waals surface area contributed by atoms with Crippen LogP contribution in [0.25, 0.3) is 0 Å². The number of halogens is 1. The number of piperazine rings is 1. The van der Waals surface area contributed by atoms with Crippen molar-refractivity contribution in [1.29, 1.82) is 0 Å². The Morgan fingerprint density at radius 1 is 1.27 bits per heavy atom. The number of aliphatic hydroxyl groups excluding tert-OH is 1. The number of aliphatic hydroxyl groups is 1. The van der Waals surface area contributed by atoms with E-state index in [1.165, 1.54) is 18.7 Å². The molecular weight excluding hydrogens is 333 g/mol. The van der Waals surface area contributed by atoms with Gasteiger partial charge in [0, 0.05) is 69.4 Å². The Bertz CT molecular complexity index is 699. The highest BCUT2D eigenvalue weighted by atomic mass is 19.1. The lowest BCUT2D eigenvalue weighted by Gasteiger charge is -2.41. The van der Waals surface area contributed by atoms with E-state index in [0.29, 0.717) is 24.3 Å². The van der Waals surface area contributed by atoms with E-state index in [1.54, 1.807) is 18.3 Å². The van der Waals surface area contributed by atoms with Crippen molar-refractivity contribution in [3.8, 4) is 5.75 Å². The van der Waals surface area contributed by atoms with Gasteiger partial charge in [0.2, 0.25) is 0 Å². The van der Waals surface area contributed by atoms with E-state index in [0.717, 1.165) is 26.2 Å². The third-order valence-electron chi connectivity index (χ3n) is 4.91. The topological polar surface area (TPSA) is 48.8 Å². The van der Waals surface area contributed by atoms with Gasteiger partial charge in [0.05, 0.1) is 7.11 Å². The zero-order chi connectivity index (χ0) is 18.4. The van der Waals surface area contributed by atoms with E-state index in [2.05, 4.69) is 20.9 Å². The summed E-state index contributed by atoms with van der Waals surface area (Å²) in [5.74, 6) is 0.282. The average molecular weight is 359 g/mol. The summed E-state index contributed by atoms with van der Waals surface area (Å²) in [6.07, 6.45) is 4.35. The third-order valence-corrected chi connectivity index (χ3v) is 4.91. The largest absolute Gasteiger partial charge is 0.497 e. The fourth-order valence-electron chi connectivity index (χ4n) is 3.48. The minimum atomic E-state index is -0.245. The highest BCUT2D eigenvalue weighted by Gasteiger charge is 2.27. The standard InChI is InChI=1S/C20H26FN3O2/c1-26-19-5-4-17(20(21)11-19)14-24-9-8-23(15-18(24)6-10-25)13-16-3-2-7-22-12-16/h2-5,7,11-12,18,25H,6,8-10,13-15H2,1H3/t18-/m0/s1. The molecule has 0 bridgehead atoms. The van der Waals surface area contributed by atoms with Gasteiger partial charge in [-0.15, -0.1) is 0 Å². The van der Waals surface area contributed by atoms with Gasteiger partial charge < -0.3 is 9.84 Å². The van der Waals surface area contributed by atoms with Crippen LogP contribution >= 0.6 is 0 Å². The van der Waals surface area contributed by atoms with E-state index >= 15 is 0 Å². The van der Waals surface area contributed by atoms with Crippen LogP contribution in [0.15, 0.2) is 42.7 Å². The molecule has 1 aliphatic rings. The van der Waals surface area contributed by atoms with Crippen molar-refractivity contribution < 1.29 is 14.2 Å². The van der Waals surface area contributed by atoms with Crippen molar-refractivity contribution in [2.45, 2.75) is 25.6 Å². The van der Waals surface area contributed by atoms with Gasteiger partial charge in [0.15, 0.2) is 0 Å². The third kappa shape index (κ3) is 4.78. The van der Waals surface area contributed by atoms with Crippen molar-refractivity contribution in [3.63, 3.8) is 0 Å². The van der Waals surface area contributed by atoms with Crippen LogP contribution in [0.3, 0.4) is 0 Å². The molecule has 5 nitrogen and oxygen atoms in total. The maximum Gasteiger partial charge on any atom is 0.131 e. The van der Waals surface area contributed by atoms with Crippen LogP contribution in [0.1, 0.15) is 17.5 Å². The van der Waals surface area contributed by atoms with Crippen molar-refractivity contribution in [2.24, 2.45) is 0 Å². The monoisotopic (exact) mass is 359 g/mol. The first kappa shape index (κ1) is 18.8. The molecule has 0 saturated carbocycles. The lowest BCUT2D eigenvalue weighted by atomic mass is 10.1. The highest BCUT2D eigenvalue weighted by Crippen LogP contribution is 2.22. The molecule has 0 amide bonds. The Morgan fingerprint density at radius 3 is 2.85 bits per heavy atom. The molecule has 0 radical (unpaired) electrons. The molecule has 3 rings (SSSR count). The minimum absolute atomic E-state index is 0.132. The summed E-state index contributed by atoms with van der Waals surface area (Å²) in [4.78, 5) is 8.81. The van der Waals surface area contributed by atoms with Crippen LogP contribution < -0.4 is 4.74 Å². The number of methoxy groups -OCH3 is 1. The van der Waals surface area contributed by atoms with Gasteiger partial charge in [0.1, 0.15) is 11.6 Å². The lowest BCUT2D eigenvalue weighted by molar-refractivity contribution is 0.0492. The highest BCUT2D eigenvalue weighted by molar-refractivity contribution is 5.29. The maximum atomic E-state index is 14.3. The van der Waals surface area contributed by atoms with Crippen LogP contribution in [0, 0.1) is 5.82 Å². The van der Waals surface area contributed by atoms with Gasteiger partial charge in [-0.25, -0.2) is 4.39 Å². The summed E-state index contributed by atoms with van der Waals surface area (Å²) in [6, 6.07) is 9.22. The van der Waals surface area contributed by atoms with Gasteiger partial charge in [0.25, 0.3) is 0 Å². The smallest absolute Gasteiger partial charge is 0.131 e. The van der Waals surface area contributed by atoms with Crippen molar-refractivity contribution in [1.82, 2.24) is 14.8 Å². The summed E-state index contributed by atoms with van der Waals surface area (Å²) < 4.78 is 19.4. The van der Waals surface area contributed by atoms with Crippen molar-refractivity contribution in [3.05, 3.63) is 59.7 Å². The second-order valence-corrected chi connectivity index (χ2v) is 6.69. The Labute approximate surface area is 154 Å². The second kappa shape index (κ2) is 9.07.